The highest BCUT2D eigenvalue weighted by Gasteiger charge is 2.15. The van der Waals surface area contributed by atoms with Crippen molar-refractivity contribution in [3.8, 4) is 0 Å². The van der Waals surface area contributed by atoms with Gasteiger partial charge in [0.05, 0.1) is 0 Å². The smallest absolute Gasteiger partial charge is 0.216 e. The minimum absolute atomic E-state index is 0.0314. The first kappa shape index (κ1) is 14.9. The molecule has 2 N–H and O–H groups in total. The van der Waals surface area contributed by atoms with Crippen LogP contribution in [0.25, 0.3) is 0 Å². The van der Waals surface area contributed by atoms with Crippen molar-refractivity contribution in [2.75, 3.05) is 52.4 Å². The standard InChI is InChI=1S/C12H24N4O2/c1-11(17)13-3-5-15-7-9-16(10-8-15)6-4-14-12(2)18/h3-10H2,1-2H3,(H,13,17)(H,14,18). The lowest BCUT2D eigenvalue weighted by molar-refractivity contribution is -0.119. The summed E-state index contributed by atoms with van der Waals surface area (Å²) >= 11 is 0. The summed E-state index contributed by atoms with van der Waals surface area (Å²) in [5.74, 6) is 0.0629. The van der Waals surface area contributed by atoms with Crippen molar-refractivity contribution in [2.45, 2.75) is 13.8 Å². The lowest BCUT2D eigenvalue weighted by Gasteiger charge is -2.34. The van der Waals surface area contributed by atoms with E-state index in [9.17, 15) is 9.59 Å². The van der Waals surface area contributed by atoms with E-state index in [1.54, 1.807) is 13.8 Å². The Kier molecular flexibility index (Phi) is 6.67. The molecule has 1 heterocycles. The van der Waals surface area contributed by atoms with Gasteiger partial charge in [-0.1, -0.05) is 0 Å². The fourth-order valence-corrected chi connectivity index (χ4v) is 2.02. The maximum absolute atomic E-state index is 10.7. The van der Waals surface area contributed by atoms with Crippen LogP contribution in [0.3, 0.4) is 0 Å². The monoisotopic (exact) mass is 256 g/mol. The minimum Gasteiger partial charge on any atom is -0.355 e. The molecule has 0 unspecified atom stereocenters. The van der Waals surface area contributed by atoms with Crippen molar-refractivity contribution in [1.82, 2.24) is 20.4 Å². The fourth-order valence-electron chi connectivity index (χ4n) is 2.02. The first-order valence-corrected chi connectivity index (χ1v) is 6.51. The van der Waals surface area contributed by atoms with Crippen molar-refractivity contribution < 1.29 is 9.59 Å². The molecule has 6 heteroatoms. The van der Waals surface area contributed by atoms with E-state index in [4.69, 9.17) is 0 Å². The van der Waals surface area contributed by atoms with Gasteiger partial charge < -0.3 is 10.6 Å². The number of carbonyl (C=O) groups is 2. The number of carbonyl (C=O) groups excluding carboxylic acids is 2. The van der Waals surface area contributed by atoms with Gasteiger partial charge in [0.1, 0.15) is 0 Å². The van der Waals surface area contributed by atoms with Crippen LogP contribution in [0.1, 0.15) is 13.8 Å². The van der Waals surface area contributed by atoms with Crippen molar-refractivity contribution in [2.24, 2.45) is 0 Å². The quantitative estimate of drug-likeness (QED) is 0.631. The van der Waals surface area contributed by atoms with Gasteiger partial charge in [-0.3, -0.25) is 19.4 Å². The molecule has 0 aromatic heterocycles. The van der Waals surface area contributed by atoms with Crippen LogP contribution in [0.4, 0.5) is 0 Å². The average molecular weight is 256 g/mol. The molecule has 1 saturated heterocycles. The van der Waals surface area contributed by atoms with Crippen molar-refractivity contribution >= 4 is 11.8 Å². The van der Waals surface area contributed by atoms with Gasteiger partial charge in [-0.05, 0) is 0 Å². The molecule has 0 bridgehead atoms. The molecule has 104 valence electrons. The Balaban J connectivity index is 2.05. The molecule has 0 radical (unpaired) electrons. The second-order valence-corrected chi connectivity index (χ2v) is 4.65. The molecule has 6 nitrogen and oxygen atoms in total. The summed E-state index contributed by atoms with van der Waals surface area (Å²) in [6, 6.07) is 0. The summed E-state index contributed by atoms with van der Waals surface area (Å²) in [4.78, 5) is 26.2. The van der Waals surface area contributed by atoms with Gasteiger partial charge in [-0.15, -0.1) is 0 Å². The highest BCUT2D eigenvalue weighted by atomic mass is 16.2. The molecule has 1 rings (SSSR count). The summed E-state index contributed by atoms with van der Waals surface area (Å²) in [5, 5.41) is 5.62. The Morgan fingerprint density at radius 1 is 0.833 bits per heavy atom. The predicted molar refractivity (Wildman–Crippen MR) is 70.2 cm³/mol. The van der Waals surface area contributed by atoms with Crippen LogP contribution in [-0.2, 0) is 9.59 Å². The zero-order valence-corrected chi connectivity index (χ0v) is 11.4. The van der Waals surface area contributed by atoms with Crippen LogP contribution in [0.15, 0.2) is 0 Å². The van der Waals surface area contributed by atoms with E-state index in [1.165, 1.54) is 0 Å². The lowest BCUT2D eigenvalue weighted by Crippen LogP contribution is -2.49. The Hall–Kier alpha value is -1.14. The van der Waals surface area contributed by atoms with E-state index < -0.39 is 0 Å². The van der Waals surface area contributed by atoms with Crippen LogP contribution < -0.4 is 10.6 Å². The second kappa shape index (κ2) is 8.05. The van der Waals surface area contributed by atoms with Crippen molar-refractivity contribution in [1.29, 1.82) is 0 Å². The third-order valence-electron chi connectivity index (χ3n) is 3.07. The molecule has 0 atom stereocenters. The number of rotatable bonds is 6. The summed E-state index contributed by atoms with van der Waals surface area (Å²) in [6.07, 6.45) is 0. The first-order chi connectivity index (χ1) is 8.58. The van der Waals surface area contributed by atoms with E-state index in [0.29, 0.717) is 0 Å². The number of nitrogens with one attached hydrogen (secondary N) is 2. The second-order valence-electron chi connectivity index (χ2n) is 4.65. The Morgan fingerprint density at radius 2 is 1.17 bits per heavy atom. The zero-order valence-electron chi connectivity index (χ0n) is 11.4. The largest absolute Gasteiger partial charge is 0.355 e. The zero-order chi connectivity index (χ0) is 13.4. The topological polar surface area (TPSA) is 64.7 Å². The molecule has 0 aromatic rings. The molecule has 1 fully saturated rings. The molecule has 18 heavy (non-hydrogen) atoms. The van der Waals surface area contributed by atoms with Gasteiger partial charge in [-0.2, -0.15) is 0 Å². The van der Waals surface area contributed by atoms with Crippen LogP contribution in [0.2, 0.25) is 0 Å². The molecule has 0 aliphatic carbocycles. The summed E-state index contributed by atoms with van der Waals surface area (Å²) < 4.78 is 0. The van der Waals surface area contributed by atoms with E-state index in [0.717, 1.165) is 52.4 Å². The van der Waals surface area contributed by atoms with E-state index in [2.05, 4.69) is 20.4 Å². The highest BCUT2D eigenvalue weighted by Crippen LogP contribution is 1.99. The number of hydrogen-bond acceptors (Lipinski definition) is 4. The molecule has 1 aliphatic rings. The average Bonchev–Trinajstić information content (AvgIpc) is 2.30. The highest BCUT2D eigenvalue weighted by molar-refractivity contribution is 5.73. The predicted octanol–water partition coefficient (Wildman–Crippen LogP) is -1.12. The molecule has 0 saturated carbocycles. The van der Waals surface area contributed by atoms with E-state index in [1.807, 2.05) is 0 Å². The summed E-state index contributed by atoms with van der Waals surface area (Å²) in [7, 11) is 0. The summed E-state index contributed by atoms with van der Waals surface area (Å²) in [6.45, 7) is 10.5. The van der Waals surface area contributed by atoms with Crippen LogP contribution >= 0.6 is 0 Å². The minimum atomic E-state index is 0.0314. The molecular formula is C12H24N4O2. The van der Waals surface area contributed by atoms with Gasteiger partial charge in [0.2, 0.25) is 11.8 Å². The summed E-state index contributed by atoms with van der Waals surface area (Å²) in [5.41, 5.74) is 0. The molecule has 1 aliphatic heterocycles. The van der Waals surface area contributed by atoms with Crippen LogP contribution in [0, 0.1) is 0 Å². The van der Waals surface area contributed by atoms with Gasteiger partial charge >= 0.3 is 0 Å². The Morgan fingerprint density at radius 3 is 1.44 bits per heavy atom. The van der Waals surface area contributed by atoms with Gasteiger partial charge in [0.25, 0.3) is 0 Å². The molecule has 0 spiro atoms. The maximum atomic E-state index is 10.7. The molecule has 2 amide bonds. The molecule has 0 aromatic carbocycles. The lowest BCUT2D eigenvalue weighted by atomic mass is 10.3. The maximum Gasteiger partial charge on any atom is 0.216 e. The first-order valence-electron chi connectivity index (χ1n) is 6.51. The van der Waals surface area contributed by atoms with E-state index in [-0.39, 0.29) is 11.8 Å². The normalized spacial score (nSPS) is 17.4. The van der Waals surface area contributed by atoms with E-state index >= 15 is 0 Å². The third-order valence-corrected chi connectivity index (χ3v) is 3.07. The third kappa shape index (κ3) is 6.56. The van der Waals surface area contributed by atoms with Crippen molar-refractivity contribution in [3.63, 3.8) is 0 Å². The van der Waals surface area contributed by atoms with Gasteiger partial charge in [-0.25, -0.2) is 0 Å². The molecular weight excluding hydrogens is 232 g/mol. The fraction of sp³-hybridized carbons (Fsp3) is 0.833. The van der Waals surface area contributed by atoms with Gasteiger partial charge in [0.15, 0.2) is 0 Å². The number of piperazine rings is 1. The SMILES string of the molecule is CC(=O)NCCN1CCN(CCNC(C)=O)CC1. The number of nitrogens with zero attached hydrogens (tertiary/aromatic N) is 2. The van der Waals surface area contributed by atoms with Crippen LogP contribution in [-0.4, -0.2) is 74.0 Å². The number of hydrogen-bond donors (Lipinski definition) is 2. The van der Waals surface area contributed by atoms with Gasteiger partial charge in [0, 0.05) is 66.2 Å². The van der Waals surface area contributed by atoms with Crippen molar-refractivity contribution in [3.05, 3.63) is 0 Å². The Labute approximate surface area is 109 Å². The number of amides is 2. The van der Waals surface area contributed by atoms with Crippen LogP contribution in [0.5, 0.6) is 0 Å². The Bertz CT molecular complexity index is 247.